The summed E-state index contributed by atoms with van der Waals surface area (Å²) in [6, 6.07) is 9.10. The van der Waals surface area contributed by atoms with Crippen molar-refractivity contribution in [3.63, 3.8) is 0 Å². The van der Waals surface area contributed by atoms with E-state index in [1.165, 1.54) is 0 Å². The van der Waals surface area contributed by atoms with E-state index >= 15 is 0 Å². The fourth-order valence-corrected chi connectivity index (χ4v) is 1.02. The van der Waals surface area contributed by atoms with Crippen molar-refractivity contribution in [3.8, 4) is 5.75 Å². The maximum Gasteiger partial charge on any atom is 0.119 e. The molecule has 0 N–H and O–H groups in total. The first-order valence-electron chi connectivity index (χ1n) is 4.54. The van der Waals surface area contributed by atoms with E-state index in [9.17, 15) is 0 Å². The highest BCUT2D eigenvalue weighted by atomic mass is 32.2. The normalized spacial score (nSPS) is 25.3. The SMILES string of the molecule is [2H]C([2H])(Oc1ccccc1)C1CS1. The molecule has 2 heteroatoms. The van der Waals surface area contributed by atoms with E-state index < -0.39 is 6.56 Å². The molecular weight excluding hydrogens is 156 g/mol. The summed E-state index contributed by atoms with van der Waals surface area (Å²) < 4.78 is 20.4. The minimum absolute atomic E-state index is 0.00714. The van der Waals surface area contributed by atoms with Crippen LogP contribution in [0.3, 0.4) is 0 Å². The van der Waals surface area contributed by atoms with E-state index in [0.29, 0.717) is 5.75 Å². The molecule has 1 saturated heterocycles. The van der Waals surface area contributed by atoms with Crippen molar-refractivity contribution in [2.45, 2.75) is 5.25 Å². The van der Waals surface area contributed by atoms with Crippen molar-refractivity contribution < 1.29 is 7.48 Å². The highest BCUT2D eigenvalue weighted by molar-refractivity contribution is 8.06. The van der Waals surface area contributed by atoms with Gasteiger partial charge < -0.3 is 4.74 Å². The van der Waals surface area contributed by atoms with Gasteiger partial charge in [-0.3, -0.25) is 0 Å². The van der Waals surface area contributed by atoms with Gasteiger partial charge in [0.1, 0.15) is 12.3 Å². The minimum Gasteiger partial charge on any atom is -0.492 e. The van der Waals surface area contributed by atoms with Crippen LogP contribution in [0.25, 0.3) is 0 Å². The van der Waals surface area contributed by atoms with Crippen LogP contribution in [0.1, 0.15) is 2.74 Å². The van der Waals surface area contributed by atoms with Crippen LogP contribution in [-0.4, -0.2) is 17.6 Å². The van der Waals surface area contributed by atoms with Gasteiger partial charge in [0.2, 0.25) is 0 Å². The molecule has 1 aromatic rings. The summed E-state index contributed by atoms with van der Waals surface area (Å²) in [4.78, 5) is 0. The van der Waals surface area contributed by atoms with Crippen LogP contribution in [0.2, 0.25) is 0 Å². The fourth-order valence-electron chi connectivity index (χ4n) is 0.738. The Kier molecular flexibility index (Phi) is 1.47. The monoisotopic (exact) mass is 168 g/mol. The van der Waals surface area contributed by atoms with Gasteiger partial charge in [-0.25, -0.2) is 0 Å². The van der Waals surface area contributed by atoms with Gasteiger partial charge in [0.15, 0.2) is 0 Å². The van der Waals surface area contributed by atoms with Gasteiger partial charge in [-0.05, 0) is 12.1 Å². The van der Waals surface area contributed by atoms with E-state index in [2.05, 4.69) is 0 Å². The molecule has 1 aromatic carbocycles. The van der Waals surface area contributed by atoms with E-state index in [4.69, 9.17) is 7.48 Å². The Balaban J connectivity index is 2.04. The smallest absolute Gasteiger partial charge is 0.119 e. The van der Waals surface area contributed by atoms with Gasteiger partial charge in [-0.15, -0.1) is 0 Å². The van der Waals surface area contributed by atoms with Crippen molar-refractivity contribution in [1.29, 1.82) is 0 Å². The Hall–Kier alpha value is -0.630. The van der Waals surface area contributed by atoms with Gasteiger partial charge in [-0.1, -0.05) is 18.2 Å². The average molecular weight is 168 g/mol. The highest BCUT2D eigenvalue weighted by Gasteiger charge is 2.22. The first-order valence-corrected chi connectivity index (χ1v) is 4.59. The minimum atomic E-state index is -1.52. The third-order valence-electron chi connectivity index (χ3n) is 1.38. The molecule has 0 aliphatic carbocycles. The van der Waals surface area contributed by atoms with Crippen molar-refractivity contribution in [2.24, 2.45) is 0 Å². The second-order valence-corrected chi connectivity index (χ2v) is 3.59. The first-order chi connectivity index (χ1) is 6.18. The molecule has 0 bridgehead atoms. The molecule has 0 aromatic heterocycles. The number of rotatable bonds is 3. The van der Waals surface area contributed by atoms with Gasteiger partial charge >= 0.3 is 0 Å². The molecular formula is C9H10OS. The summed E-state index contributed by atoms with van der Waals surface area (Å²) in [5.41, 5.74) is 0. The second-order valence-electron chi connectivity index (χ2n) is 2.35. The van der Waals surface area contributed by atoms with Crippen LogP contribution >= 0.6 is 11.8 Å². The molecule has 11 heavy (non-hydrogen) atoms. The Morgan fingerprint density at radius 2 is 2.27 bits per heavy atom. The predicted octanol–water partition coefficient (Wildman–Crippen LogP) is 2.18. The maximum absolute atomic E-state index is 7.60. The maximum atomic E-state index is 7.60. The summed E-state index contributed by atoms with van der Waals surface area (Å²) in [7, 11) is 0. The van der Waals surface area contributed by atoms with Gasteiger partial charge in [-0.2, -0.15) is 11.8 Å². The van der Waals surface area contributed by atoms with Crippen LogP contribution in [-0.2, 0) is 0 Å². The number of thioether (sulfide) groups is 1. The molecule has 2 rings (SSSR count). The van der Waals surface area contributed by atoms with Crippen molar-refractivity contribution >= 4 is 11.8 Å². The number of hydrogen-bond acceptors (Lipinski definition) is 2. The largest absolute Gasteiger partial charge is 0.492 e. The average Bonchev–Trinajstić information content (AvgIpc) is 2.87. The van der Waals surface area contributed by atoms with Crippen molar-refractivity contribution in [1.82, 2.24) is 0 Å². The first kappa shape index (κ1) is 5.09. The lowest BCUT2D eigenvalue weighted by Gasteiger charge is -2.02. The Morgan fingerprint density at radius 1 is 1.55 bits per heavy atom. The Bertz CT molecular complexity index is 285. The van der Waals surface area contributed by atoms with Crippen LogP contribution in [0.5, 0.6) is 5.75 Å². The Morgan fingerprint density at radius 3 is 2.91 bits per heavy atom. The molecule has 0 spiro atoms. The predicted molar refractivity (Wildman–Crippen MR) is 48.2 cm³/mol. The van der Waals surface area contributed by atoms with Crippen molar-refractivity contribution in [2.75, 3.05) is 12.3 Å². The molecule has 0 saturated carbocycles. The molecule has 58 valence electrons. The Labute approximate surface area is 73.6 Å². The summed E-state index contributed by atoms with van der Waals surface area (Å²) in [5, 5.41) is 0.00714. The lowest BCUT2D eigenvalue weighted by atomic mass is 10.3. The zero-order valence-corrected chi connectivity index (χ0v) is 6.80. The van der Waals surface area contributed by atoms with Crippen molar-refractivity contribution in [3.05, 3.63) is 30.3 Å². The highest BCUT2D eigenvalue weighted by Crippen LogP contribution is 2.30. The summed E-state index contributed by atoms with van der Waals surface area (Å²) in [6.07, 6.45) is 0. The van der Waals surface area contributed by atoms with Gasteiger partial charge in [0.25, 0.3) is 0 Å². The second kappa shape index (κ2) is 3.18. The van der Waals surface area contributed by atoms with Crippen LogP contribution in [0.15, 0.2) is 30.3 Å². The molecule has 0 amide bonds. The van der Waals surface area contributed by atoms with Crippen LogP contribution in [0.4, 0.5) is 0 Å². The third-order valence-corrected chi connectivity index (χ3v) is 2.15. The third kappa shape index (κ3) is 2.15. The standard InChI is InChI=1S/C9H10OS/c1-2-4-8(5-3-1)10-6-9-7-11-9/h1-5,9H,6-7H2/i6D2. The van der Waals surface area contributed by atoms with Gasteiger partial charge in [0, 0.05) is 11.0 Å². The zero-order chi connectivity index (χ0) is 9.31. The number of hydrogen-bond donors (Lipinski definition) is 0. The van der Waals surface area contributed by atoms with E-state index in [1.807, 2.05) is 18.2 Å². The molecule has 1 fully saturated rings. The van der Waals surface area contributed by atoms with Crippen LogP contribution < -0.4 is 4.74 Å². The topological polar surface area (TPSA) is 9.23 Å². The molecule has 0 radical (unpaired) electrons. The summed E-state index contributed by atoms with van der Waals surface area (Å²) in [5.74, 6) is 1.46. The lowest BCUT2D eigenvalue weighted by Crippen LogP contribution is -2.02. The molecule has 1 unspecified atom stereocenters. The molecule has 1 aliphatic heterocycles. The van der Waals surface area contributed by atoms with Crippen LogP contribution in [0, 0.1) is 0 Å². The van der Waals surface area contributed by atoms with Gasteiger partial charge in [0.05, 0.1) is 2.74 Å². The summed E-state index contributed by atoms with van der Waals surface area (Å²) >= 11 is 1.59. The van der Waals surface area contributed by atoms with E-state index in [1.54, 1.807) is 23.9 Å². The number of para-hydroxylation sites is 1. The zero-order valence-electron chi connectivity index (χ0n) is 7.99. The van der Waals surface area contributed by atoms with E-state index in [-0.39, 0.29) is 5.25 Å². The fraction of sp³-hybridized carbons (Fsp3) is 0.333. The summed E-state index contributed by atoms with van der Waals surface area (Å²) in [6.45, 7) is -1.52. The molecule has 1 atom stereocenters. The van der Waals surface area contributed by atoms with E-state index in [0.717, 1.165) is 5.75 Å². The molecule has 1 nitrogen and oxygen atoms in total. The molecule has 1 heterocycles. The lowest BCUT2D eigenvalue weighted by molar-refractivity contribution is 0.330. The number of ether oxygens (including phenoxy) is 1. The number of benzene rings is 1. The molecule has 1 aliphatic rings. The quantitative estimate of drug-likeness (QED) is 0.640.